The maximum absolute atomic E-state index is 12.4. The van der Waals surface area contributed by atoms with Crippen LogP contribution in [0.4, 0.5) is 9.59 Å². The summed E-state index contributed by atoms with van der Waals surface area (Å²) in [6.45, 7) is 11.9. The molecule has 9 nitrogen and oxygen atoms in total. The first-order valence-electron chi connectivity index (χ1n) is 8.03. The van der Waals surface area contributed by atoms with Crippen LogP contribution in [0.25, 0.3) is 0 Å². The third kappa shape index (κ3) is 8.27. The minimum absolute atomic E-state index is 0.0229. The van der Waals surface area contributed by atoms with Crippen LogP contribution in [0.2, 0.25) is 0 Å². The summed E-state index contributed by atoms with van der Waals surface area (Å²) in [6.07, 6.45) is -2.73. The lowest BCUT2D eigenvalue weighted by Gasteiger charge is -2.27. The lowest BCUT2D eigenvalue weighted by atomic mass is 10.3. The summed E-state index contributed by atoms with van der Waals surface area (Å²) in [5.74, 6) is -0.823. The number of hydrogen-bond donors (Lipinski definition) is 2. The highest BCUT2D eigenvalue weighted by atomic mass is 16.6. The van der Waals surface area contributed by atoms with E-state index in [1.807, 2.05) is 13.8 Å². The van der Waals surface area contributed by atoms with E-state index in [0.717, 1.165) is 0 Å². The Morgan fingerprint density at radius 1 is 0.920 bits per heavy atom. The highest BCUT2D eigenvalue weighted by Crippen LogP contribution is 2.13. The van der Waals surface area contributed by atoms with E-state index in [-0.39, 0.29) is 11.7 Å². The second kappa shape index (κ2) is 10.4. The van der Waals surface area contributed by atoms with E-state index in [9.17, 15) is 14.4 Å². The fourth-order valence-electron chi connectivity index (χ4n) is 1.79. The van der Waals surface area contributed by atoms with Crippen LogP contribution in [0.15, 0.2) is 11.4 Å². The Labute approximate surface area is 148 Å². The van der Waals surface area contributed by atoms with Gasteiger partial charge in [-0.05, 0) is 48.5 Å². The van der Waals surface area contributed by atoms with Gasteiger partial charge < -0.3 is 19.5 Å². The average Bonchev–Trinajstić information content (AvgIpc) is 2.43. The number of carbonyl (C=O) groups excluding carboxylic acids is 3. The average molecular weight is 359 g/mol. The van der Waals surface area contributed by atoms with Gasteiger partial charge in [0.15, 0.2) is 5.70 Å². The molecule has 0 atom stereocenters. The Morgan fingerprint density at radius 3 is 1.84 bits per heavy atom. The van der Waals surface area contributed by atoms with Gasteiger partial charge in [0, 0.05) is 11.7 Å². The topological polar surface area (TPSA) is 106 Å². The summed E-state index contributed by atoms with van der Waals surface area (Å²) in [7, 11) is 1.17. The van der Waals surface area contributed by atoms with Gasteiger partial charge in [0.05, 0.1) is 19.3 Å². The molecule has 9 heteroatoms. The summed E-state index contributed by atoms with van der Waals surface area (Å²) in [6, 6.07) is -0.0229. The Bertz CT molecular complexity index is 514. The standard InChI is InChI=1S/C16H29N3O6/c1-9(2)17-12(7)13(14(20)23-8)19(16(22)25-11(5)6)18-15(21)24-10(3)4/h9-11,17H,1-8H3,(H,18,21)/b13-12+. The smallest absolute Gasteiger partial charge is 0.434 e. The predicted molar refractivity (Wildman–Crippen MR) is 91.2 cm³/mol. The molecule has 0 aliphatic heterocycles. The first kappa shape index (κ1) is 22.6. The van der Waals surface area contributed by atoms with Crippen molar-refractivity contribution in [3.05, 3.63) is 11.4 Å². The van der Waals surface area contributed by atoms with Crippen LogP contribution in [0.1, 0.15) is 48.5 Å². The Morgan fingerprint density at radius 2 is 1.44 bits per heavy atom. The van der Waals surface area contributed by atoms with Gasteiger partial charge in [-0.1, -0.05) is 0 Å². The third-order valence-electron chi connectivity index (χ3n) is 2.53. The highest BCUT2D eigenvalue weighted by Gasteiger charge is 2.31. The molecule has 0 heterocycles. The largest absolute Gasteiger partial charge is 0.464 e. The number of nitrogens with one attached hydrogen (secondary N) is 2. The quantitative estimate of drug-likeness (QED) is 0.324. The van der Waals surface area contributed by atoms with Crippen molar-refractivity contribution in [1.82, 2.24) is 15.8 Å². The number of hydrazine groups is 1. The van der Waals surface area contributed by atoms with Crippen molar-refractivity contribution in [2.45, 2.75) is 66.7 Å². The fourth-order valence-corrected chi connectivity index (χ4v) is 1.79. The van der Waals surface area contributed by atoms with E-state index in [1.54, 1.807) is 34.6 Å². The lowest BCUT2D eigenvalue weighted by Crippen LogP contribution is -2.50. The number of allylic oxidation sites excluding steroid dienone is 1. The van der Waals surface area contributed by atoms with Crippen molar-refractivity contribution < 1.29 is 28.6 Å². The van der Waals surface area contributed by atoms with Crippen LogP contribution in [0.5, 0.6) is 0 Å². The van der Waals surface area contributed by atoms with Crippen molar-refractivity contribution in [3.8, 4) is 0 Å². The molecule has 0 fully saturated rings. The molecule has 25 heavy (non-hydrogen) atoms. The van der Waals surface area contributed by atoms with Crippen LogP contribution in [-0.4, -0.2) is 48.5 Å². The highest BCUT2D eigenvalue weighted by molar-refractivity contribution is 5.93. The van der Waals surface area contributed by atoms with E-state index >= 15 is 0 Å². The van der Waals surface area contributed by atoms with E-state index in [2.05, 4.69) is 10.7 Å². The molecule has 0 aliphatic rings. The number of ether oxygens (including phenoxy) is 3. The SMILES string of the molecule is COC(=O)/C(=C(/C)NC(C)C)N(NC(=O)OC(C)C)C(=O)OC(C)C. The van der Waals surface area contributed by atoms with Gasteiger partial charge in [0.2, 0.25) is 0 Å². The van der Waals surface area contributed by atoms with Gasteiger partial charge in [-0.15, -0.1) is 0 Å². The zero-order valence-corrected chi connectivity index (χ0v) is 16.1. The molecular weight excluding hydrogens is 330 g/mol. The first-order chi connectivity index (χ1) is 11.5. The molecule has 0 saturated carbocycles. The molecule has 144 valence electrons. The molecule has 0 aliphatic carbocycles. The van der Waals surface area contributed by atoms with Gasteiger partial charge in [-0.3, -0.25) is 0 Å². The molecule has 2 amide bonds. The van der Waals surface area contributed by atoms with Crippen LogP contribution in [-0.2, 0) is 19.0 Å². The number of hydrogen-bond acceptors (Lipinski definition) is 7. The maximum Gasteiger partial charge on any atom is 0.434 e. The van der Waals surface area contributed by atoms with Gasteiger partial charge in [-0.2, -0.15) is 5.01 Å². The van der Waals surface area contributed by atoms with Crippen molar-refractivity contribution in [1.29, 1.82) is 0 Å². The number of esters is 1. The van der Waals surface area contributed by atoms with E-state index < -0.39 is 30.4 Å². The van der Waals surface area contributed by atoms with Gasteiger partial charge >= 0.3 is 18.2 Å². The van der Waals surface area contributed by atoms with E-state index in [4.69, 9.17) is 14.2 Å². The van der Waals surface area contributed by atoms with Crippen molar-refractivity contribution in [3.63, 3.8) is 0 Å². The first-order valence-corrected chi connectivity index (χ1v) is 8.03. The molecule has 0 saturated heterocycles. The molecule has 0 unspecified atom stereocenters. The van der Waals surface area contributed by atoms with Crippen LogP contribution in [0, 0.1) is 0 Å². The molecule has 0 radical (unpaired) electrons. The summed E-state index contributed by atoms with van der Waals surface area (Å²) in [5, 5.41) is 3.68. The van der Waals surface area contributed by atoms with Crippen LogP contribution >= 0.6 is 0 Å². The maximum atomic E-state index is 12.4. The van der Waals surface area contributed by atoms with Crippen LogP contribution in [0.3, 0.4) is 0 Å². The van der Waals surface area contributed by atoms with E-state index in [0.29, 0.717) is 10.7 Å². The second-order valence-corrected chi connectivity index (χ2v) is 6.10. The molecule has 0 spiro atoms. The van der Waals surface area contributed by atoms with Gasteiger partial charge in [0.25, 0.3) is 0 Å². The third-order valence-corrected chi connectivity index (χ3v) is 2.53. The molecule has 2 N–H and O–H groups in total. The van der Waals surface area contributed by atoms with E-state index in [1.165, 1.54) is 7.11 Å². The molecule has 0 aromatic rings. The lowest BCUT2D eigenvalue weighted by molar-refractivity contribution is -0.138. The second-order valence-electron chi connectivity index (χ2n) is 6.10. The minimum atomic E-state index is -0.944. The number of carbonyl (C=O) groups is 3. The summed E-state index contributed by atoms with van der Waals surface area (Å²) >= 11 is 0. The summed E-state index contributed by atoms with van der Waals surface area (Å²) in [5.41, 5.74) is 2.34. The Balaban J connectivity index is 5.86. The molecule has 0 aromatic carbocycles. The molecule has 0 rings (SSSR count). The number of amides is 2. The summed E-state index contributed by atoms with van der Waals surface area (Å²) < 4.78 is 14.8. The number of methoxy groups -OCH3 is 1. The molecule has 0 aromatic heterocycles. The predicted octanol–water partition coefficient (Wildman–Crippen LogP) is 2.29. The van der Waals surface area contributed by atoms with Crippen molar-refractivity contribution in [2.75, 3.05) is 7.11 Å². The number of rotatable bonds is 6. The molecule has 0 bridgehead atoms. The molecular formula is C16H29N3O6. The Hall–Kier alpha value is -2.45. The zero-order chi connectivity index (χ0) is 19.7. The summed E-state index contributed by atoms with van der Waals surface area (Å²) in [4.78, 5) is 36.5. The van der Waals surface area contributed by atoms with Gasteiger partial charge in [-0.25, -0.2) is 19.8 Å². The number of nitrogens with zero attached hydrogens (tertiary/aromatic N) is 1. The van der Waals surface area contributed by atoms with Crippen molar-refractivity contribution in [2.24, 2.45) is 0 Å². The monoisotopic (exact) mass is 359 g/mol. The Kier molecular flexibility index (Phi) is 9.40. The fraction of sp³-hybridized carbons (Fsp3) is 0.688. The minimum Gasteiger partial charge on any atom is -0.464 e. The van der Waals surface area contributed by atoms with Crippen molar-refractivity contribution >= 4 is 18.2 Å². The zero-order valence-electron chi connectivity index (χ0n) is 16.1. The van der Waals surface area contributed by atoms with Gasteiger partial charge in [0.1, 0.15) is 0 Å². The normalized spacial score (nSPS) is 11.8. The van der Waals surface area contributed by atoms with Crippen LogP contribution < -0.4 is 10.7 Å².